The van der Waals surface area contributed by atoms with Gasteiger partial charge in [-0.15, -0.1) is 5.10 Å². The first-order valence-corrected chi connectivity index (χ1v) is 5.99. The van der Waals surface area contributed by atoms with Gasteiger partial charge >= 0.3 is 0 Å². The van der Waals surface area contributed by atoms with Crippen molar-refractivity contribution in [1.29, 1.82) is 0 Å². The van der Waals surface area contributed by atoms with Crippen LogP contribution in [-0.2, 0) is 13.1 Å². The van der Waals surface area contributed by atoms with Crippen LogP contribution in [-0.4, -0.2) is 21.6 Å². The van der Waals surface area contributed by atoms with Crippen molar-refractivity contribution in [2.75, 3.05) is 6.61 Å². The Balaban J connectivity index is 1.90. The number of aromatic nitrogens is 3. The molecule has 0 amide bonds. The Labute approximate surface area is 107 Å². The third-order valence-corrected chi connectivity index (χ3v) is 2.83. The van der Waals surface area contributed by atoms with Crippen molar-refractivity contribution in [3.8, 4) is 5.75 Å². The van der Waals surface area contributed by atoms with Gasteiger partial charge in [0.15, 0.2) is 0 Å². The van der Waals surface area contributed by atoms with Crippen LogP contribution in [0.4, 0.5) is 0 Å². The zero-order valence-electron chi connectivity index (χ0n) is 10.8. The van der Waals surface area contributed by atoms with Crippen molar-refractivity contribution in [2.24, 2.45) is 5.73 Å². The molecule has 18 heavy (non-hydrogen) atoms. The average molecular weight is 246 g/mol. The van der Waals surface area contributed by atoms with Crippen molar-refractivity contribution >= 4 is 0 Å². The molecule has 2 rings (SSSR count). The van der Waals surface area contributed by atoms with Crippen LogP contribution in [0.25, 0.3) is 0 Å². The summed E-state index contributed by atoms with van der Waals surface area (Å²) in [6.45, 7) is 5.67. The fourth-order valence-electron chi connectivity index (χ4n) is 1.75. The maximum atomic E-state index is 5.67. The topological polar surface area (TPSA) is 66.0 Å². The molecule has 1 aromatic heterocycles. The molecule has 1 heterocycles. The van der Waals surface area contributed by atoms with Crippen molar-refractivity contribution in [3.05, 3.63) is 41.2 Å². The molecule has 2 N–H and O–H groups in total. The van der Waals surface area contributed by atoms with Crippen molar-refractivity contribution in [1.82, 2.24) is 15.0 Å². The lowest BCUT2D eigenvalue weighted by Gasteiger charge is -2.07. The van der Waals surface area contributed by atoms with E-state index in [1.807, 2.05) is 42.8 Å². The van der Waals surface area contributed by atoms with E-state index in [4.69, 9.17) is 10.5 Å². The summed E-state index contributed by atoms with van der Waals surface area (Å²) in [6, 6.07) is 7.99. The molecule has 2 aromatic rings. The van der Waals surface area contributed by atoms with Crippen molar-refractivity contribution < 1.29 is 4.74 Å². The predicted molar refractivity (Wildman–Crippen MR) is 69.3 cm³/mol. The van der Waals surface area contributed by atoms with Gasteiger partial charge in [-0.05, 0) is 31.5 Å². The van der Waals surface area contributed by atoms with Crippen LogP contribution < -0.4 is 10.5 Å². The molecule has 0 saturated heterocycles. The first-order valence-electron chi connectivity index (χ1n) is 5.99. The SMILES string of the molecule is Cc1cccc(OCCn2nnc(CN)c2C)c1. The van der Waals surface area contributed by atoms with E-state index in [1.165, 1.54) is 5.56 Å². The second-order valence-electron chi connectivity index (χ2n) is 4.21. The normalized spacial score (nSPS) is 10.6. The van der Waals surface area contributed by atoms with E-state index in [0.29, 0.717) is 19.7 Å². The maximum Gasteiger partial charge on any atom is 0.119 e. The molecule has 0 fully saturated rings. The Morgan fingerprint density at radius 1 is 1.33 bits per heavy atom. The van der Waals surface area contributed by atoms with E-state index in [9.17, 15) is 0 Å². The van der Waals surface area contributed by atoms with Gasteiger partial charge in [-0.2, -0.15) is 0 Å². The Morgan fingerprint density at radius 3 is 2.83 bits per heavy atom. The number of nitrogens with two attached hydrogens (primary N) is 1. The minimum absolute atomic E-state index is 0.421. The average Bonchev–Trinajstić information content (AvgIpc) is 2.71. The zero-order valence-corrected chi connectivity index (χ0v) is 10.8. The molecular formula is C13H18N4O. The first kappa shape index (κ1) is 12.6. The minimum atomic E-state index is 0.421. The Hall–Kier alpha value is -1.88. The third kappa shape index (κ3) is 2.87. The number of hydrogen-bond acceptors (Lipinski definition) is 4. The summed E-state index contributed by atoms with van der Waals surface area (Å²) >= 11 is 0. The quantitative estimate of drug-likeness (QED) is 0.866. The summed E-state index contributed by atoms with van der Waals surface area (Å²) in [5, 5.41) is 8.05. The van der Waals surface area contributed by atoms with Gasteiger partial charge in [0.2, 0.25) is 0 Å². The number of ether oxygens (including phenoxy) is 1. The molecule has 0 unspecified atom stereocenters. The molecule has 5 heteroatoms. The lowest BCUT2D eigenvalue weighted by atomic mass is 10.2. The fourth-order valence-corrected chi connectivity index (χ4v) is 1.75. The zero-order chi connectivity index (χ0) is 13.0. The number of nitrogens with zero attached hydrogens (tertiary/aromatic N) is 3. The molecule has 0 spiro atoms. The second kappa shape index (κ2) is 5.64. The van der Waals surface area contributed by atoms with Gasteiger partial charge in [-0.1, -0.05) is 17.3 Å². The highest BCUT2D eigenvalue weighted by Gasteiger charge is 2.06. The van der Waals surface area contributed by atoms with Gasteiger partial charge in [0, 0.05) is 6.54 Å². The van der Waals surface area contributed by atoms with E-state index < -0.39 is 0 Å². The summed E-state index contributed by atoms with van der Waals surface area (Å²) in [5.41, 5.74) is 8.59. The van der Waals surface area contributed by atoms with E-state index >= 15 is 0 Å². The molecule has 0 aliphatic carbocycles. The van der Waals surface area contributed by atoms with Crippen LogP contribution in [0.5, 0.6) is 5.75 Å². The largest absolute Gasteiger partial charge is 0.492 e. The van der Waals surface area contributed by atoms with E-state index in [2.05, 4.69) is 10.3 Å². The maximum absolute atomic E-state index is 5.67. The van der Waals surface area contributed by atoms with Gasteiger partial charge < -0.3 is 10.5 Å². The summed E-state index contributed by atoms with van der Waals surface area (Å²) in [4.78, 5) is 0. The number of benzene rings is 1. The smallest absolute Gasteiger partial charge is 0.119 e. The molecule has 0 bridgehead atoms. The lowest BCUT2D eigenvalue weighted by molar-refractivity contribution is 0.288. The molecule has 0 saturated carbocycles. The number of hydrogen-bond donors (Lipinski definition) is 1. The van der Waals surface area contributed by atoms with Gasteiger partial charge in [0.1, 0.15) is 12.4 Å². The van der Waals surface area contributed by atoms with E-state index in [0.717, 1.165) is 17.1 Å². The summed E-state index contributed by atoms with van der Waals surface area (Å²) in [6.07, 6.45) is 0. The Morgan fingerprint density at radius 2 is 2.17 bits per heavy atom. The summed E-state index contributed by atoms with van der Waals surface area (Å²) in [5.74, 6) is 0.881. The summed E-state index contributed by atoms with van der Waals surface area (Å²) < 4.78 is 7.49. The van der Waals surface area contributed by atoms with E-state index in [1.54, 1.807) is 0 Å². The van der Waals surface area contributed by atoms with Crippen LogP contribution in [0, 0.1) is 13.8 Å². The molecule has 5 nitrogen and oxygen atoms in total. The van der Waals surface area contributed by atoms with Crippen molar-refractivity contribution in [3.63, 3.8) is 0 Å². The molecule has 1 aromatic carbocycles. The Bertz CT molecular complexity index is 521. The first-order chi connectivity index (χ1) is 8.70. The van der Waals surface area contributed by atoms with Gasteiger partial charge in [-0.25, -0.2) is 4.68 Å². The van der Waals surface area contributed by atoms with E-state index in [-0.39, 0.29) is 0 Å². The monoisotopic (exact) mass is 246 g/mol. The number of rotatable bonds is 5. The van der Waals surface area contributed by atoms with Crippen LogP contribution >= 0.6 is 0 Å². The lowest BCUT2D eigenvalue weighted by Crippen LogP contribution is -2.11. The molecular weight excluding hydrogens is 228 g/mol. The fraction of sp³-hybridized carbons (Fsp3) is 0.385. The van der Waals surface area contributed by atoms with Crippen molar-refractivity contribution in [2.45, 2.75) is 26.9 Å². The van der Waals surface area contributed by atoms with Gasteiger partial charge in [0.05, 0.1) is 17.9 Å². The molecule has 96 valence electrons. The highest BCUT2D eigenvalue weighted by molar-refractivity contribution is 5.27. The van der Waals surface area contributed by atoms with Gasteiger partial charge in [-0.3, -0.25) is 0 Å². The predicted octanol–water partition coefficient (Wildman–Crippen LogP) is 1.43. The minimum Gasteiger partial charge on any atom is -0.492 e. The van der Waals surface area contributed by atoms with Crippen LogP contribution in [0.3, 0.4) is 0 Å². The number of aryl methyl sites for hydroxylation is 1. The Kier molecular flexibility index (Phi) is 3.94. The van der Waals surface area contributed by atoms with Gasteiger partial charge in [0.25, 0.3) is 0 Å². The standard InChI is InChI=1S/C13H18N4O/c1-10-4-3-5-12(8-10)18-7-6-17-11(2)13(9-14)15-16-17/h3-5,8H,6-7,9,14H2,1-2H3. The van der Waals surface area contributed by atoms with Crippen LogP contribution in [0.2, 0.25) is 0 Å². The highest BCUT2D eigenvalue weighted by Crippen LogP contribution is 2.12. The molecule has 0 aliphatic heterocycles. The van der Waals surface area contributed by atoms with Crippen LogP contribution in [0.15, 0.2) is 24.3 Å². The molecule has 0 aliphatic rings. The third-order valence-electron chi connectivity index (χ3n) is 2.83. The highest BCUT2D eigenvalue weighted by atomic mass is 16.5. The summed E-state index contributed by atoms with van der Waals surface area (Å²) in [7, 11) is 0. The molecule has 0 atom stereocenters. The second-order valence-corrected chi connectivity index (χ2v) is 4.21. The van der Waals surface area contributed by atoms with Crippen LogP contribution in [0.1, 0.15) is 17.0 Å². The molecule has 0 radical (unpaired) electrons.